The van der Waals surface area contributed by atoms with Gasteiger partial charge < -0.3 is 10.4 Å². The van der Waals surface area contributed by atoms with Crippen LogP contribution in [0.5, 0.6) is 0 Å². The number of nitrogens with one attached hydrogen (secondary N) is 1. The highest BCUT2D eigenvalue weighted by Gasteiger charge is 2.51. The van der Waals surface area contributed by atoms with E-state index in [9.17, 15) is 14.1 Å². The number of aromatic nitrogens is 3. The first-order chi connectivity index (χ1) is 18.1. The number of rotatable bonds is 7. The Labute approximate surface area is 217 Å². The SMILES string of the molecule is O=C(Nc1cccc(-c2ccc(S(=O)N3CCC[C@@H]3CO)cc2)n1)C1(c2ccc3nccnc3c2)CC1. The first-order valence-electron chi connectivity index (χ1n) is 12.5. The summed E-state index contributed by atoms with van der Waals surface area (Å²) >= 11 is 0. The highest BCUT2D eigenvalue weighted by molar-refractivity contribution is 7.82. The highest BCUT2D eigenvalue weighted by atomic mass is 32.2. The van der Waals surface area contributed by atoms with Crippen molar-refractivity contribution in [1.82, 2.24) is 19.3 Å². The van der Waals surface area contributed by atoms with Crippen molar-refractivity contribution in [3.63, 3.8) is 0 Å². The maximum absolute atomic E-state index is 13.3. The van der Waals surface area contributed by atoms with Gasteiger partial charge in [-0.25, -0.2) is 13.5 Å². The molecule has 0 spiro atoms. The average Bonchev–Trinajstić information content (AvgIpc) is 3.63. The molecular formula is C28H27N5O3S. The van der Waals surface area contributed by atoms with E-state index in [-0.39, 0.29) is 18.6 Å². The predicted molar refractivity (Wildman–Crippen MR) is 142 cm³/mol. The maximum Gasteiger partial charge on any atom is 0.236 e. The largest absolute Gasteiger partial charge is 0.395 e. The highest BCUT2D eigenvalue weighted by Crippen LogP contribution is 2.49. The lowest BCUT2D eigenvalue weighted by molar-refractivity contribution is -0.118. The van der Waals surface area contributed by atoms with Gasteiger partial charge in [0.1, 0.15) is 16.8 Å². The van der Waals surface area contributed by atoms with Crippen LogP contribution in [-0.4, -0.2) is 53.7 Å². The van der Waals surface area contributed by atoms with Gasteiger partial charge in [-0.05, 0) is 67.6 Å². The van der Waals surface area contributed by atoms with E-state index in [1.165, 1.54) is 0 Å². The van der Waals surface area contributed by atoms with E-state index >= 15 is 0 Å². The second-order valence-corrected chi connectivity index (χ2v) is 11.0. The molecule has 0 radical (unpaired) electrons. The third kappa shape index (κ3) is 4.54. The molecular weight excluding hydrogens is 486 g/mol. The van der Waals surface area contributed by atoms with E-state index in [2.05, 4.69) is 20.3 Å². The van der Waals surface area contributed by atoms with Crippen LogP contribution in [0.4, 0.5) is 5.82 Å². The quantitative estimate of drug-likeness (QED) is 0.389. The number of fused-ring (bicyclic) bond motifs is 1. The Kier molecular flexibility index (Phi) is 6.27. The summed E-state index contributed by atoms with van der Waals surface area (Å²) in [5.74, 6) is 0.417. The zero-order valence-electron chi connectivity index (χ0n) is 20.2. The van der Waals surface area contributed by atoms with Gasteiger partial charge in [0.05, 0.1) is 33.6 Å². The normalized spacial score (nSPS) is 19.5. The van der Waals surface area contributed by atoms with Gasteiger partial charge in [0.15, 0.2) is 0 Å². The monoisotopic (exact) mass is 513 g/mol. The zero-order valence-corrected chi connectivity index (χ0v) is 21.0. The van der Waals surface area contributed by atoms with E-state index in [1.54, 1.807) is 18.5 Å². The number of aliphatic hydroxyl groups excluding tert-OH is 1. The van der Waals surface area contributed by atoms with E-state index in [0.717, 1.165) is 60.1 Å². The standard InChI is InChI=1S/C28H27N5O3S/c34-18-21-3-2-16-33(21)37(36)22-9-6-19(7-10-22)23-4-1-5-26(31-23)32-27(35)28(12-13-28)20-8-11-24-25(17-20)30-15-14-29-24/h1,4-11,14-15,17,21,34H,2-3,12-13,16,18H2,(H,31,32,35)/t21-,37?/m1/s1. The van der Waals surface area contributed by atoms with Crippen LogP contribution in [0.1, 0.15) is 31.2 Å². The second kappa shape index (κ2) is 9.74. The van der Waals surface area contributed by atoms with Gasteiger partial charge in [-0.15, -0.1) is 0 Å². The Bertz CT molecular complexity index is 1490. The van der Waals surface area contributed by atoms with Crippen LogP contribution in [0.15, 0.2) is 78.0 Å². The lowest BCUT2D eigenvalue weighted by Gasteiger charge is -2.21. The van der Waals surface area contributed by atoms with Crippen molar-refractivity contribution in [3.8, 4) is 11.3 Å². The first kappa shape index (κ1) is 23.8. The van der Waals surface area contributed by atoms with Crippen LogP contribution in [0.25, 0.3) is 22.3 Å². The number of hydrogen-bond donors (Lipinski definition) is 2. The summed E-state index contributed by atoms with van der Waals surface area (Å²) < 4.78 is 14.8. The maximum atomic E-state index is 13.3. The molecule has 2 N–H and O–H groups in total. The molecule has 1 saturated heterocycles. The Morgan fingerprint density at radius 2 is 1.84 bits per heavy atom. The molecule has 0 bridgehead atoms. The van der Waals surface area contributed by atoms with Gasteiger partial charge in [-0.3, -0.25) is 14.8 Å². The summed E-state index contributed by atoms with van der Waals surface area (Å²) in [5.41, 5.74) is 3.54. The summed E-state index contributed by atoms with van der Waals surface area (Å²) in [7, 11) is -1.31. The minimum atomic E-state index is -1.31. The fourth-order valence-corrected chi connectivity index (χ4v) is 6.40. The minimum absolute atomic E-state index is 0.0164. The number of carbonyl (C=O) groups excluding carboxylic acids is 1. The third-order valence-electron chi connectivity index (χ3n) is 7.30. The fourth-order valence-electron chi connectivity index (χ4n) is 5.02. The van der Waals surface area contributed by atoms with Gasteiger partial charge in [-0.1, -0.05) is 24.3 Å². The van der Waals surface area contributed by atoms with Gasteiger partial charge in [-0.2, -0.15) is 0 Å². The number of aliphatic hydroxyl groups is 1. The lowest BCUT2D eigenvalue weighted by Crippen LogP contribution is -2.33. The van der Waals surface area contributed by atoms with Crippen LogP contribution < -0.4 is 5.32 Å². The van der Waals surface area contributed by atoms with E-state index < -0.39 is 16.4 Å². The lowest BCUT2D eigenvalue weighted by atomic mass is 9.94. The fraction of sp³-hybridized carbons (Fsp3) is 0.286. The summed E-state index contributed by atoms with van der Waals surface area (Å²) in [6, 6.07) is 18.8. The molecule has 3 heterocycles. The van der Waals surface area contributed by atoms with Gasteiger partial charge in [0, 0.05) is 30.5 Å². The van der Waals surface area contributed by atoms with Crippen molar-refractivity contribution < 1.29 is 14.1 Å². The Morgan fingerprint density at radius 1 is 1.05 bits per heavy atom. The van der Waals surface area contributed by atoms with E-state index in [4.69, 9.17) is 0 Å². The second-order valence-electron chi connectivity index (χ2n) is 9.60. The van der Waals surface area contributed by atoms with Crippen LogP contribution in [0.2, 0.25) is 0 Å². The average molecular weight is 514 g/mol. The summed E-state index contributed by atoms with van der Waals surface area (Å²) in [4.78, 5) is 27.4. The molecule has 2 aromatic carbocycles. The smallest absolute Gasteiger partial charge is 0.236 e. The van der Waals surface area contributed by atoms with Crippen LogP contribution in [0, 0.1) is 0 Å². The van der Waals surface area contributed by atoms with Crippen LogP contribution in [-0.2, 0) is 21.2 Å². The van der Waals surface area contributed by atoms with Crippen molar-refractivity contribution in [1.29, 1.82) is 0 Å². The number of hydrogen-bond acceptors (Lipinski definition) is 6. The topological polar surface area (TPSA) is 108 Å². The van der Waals surface area contributed by atoms with Crippen molar-refractivity contribution in [2.75, 3.05) is 18.5 Å². The molecule has 2 fully saturated rings. The molecule has 188 valence electrons. The van der Waals surface area contributed by atoms with E-state index in [1.807, 2.05) is 58.9 Å². The molecule has 1 saturated carbocycles. The van der Waals surface area contributed by atoms with Crippen LogP contribution in [0.3, 0.4) is 0 Å². The summed E-state index contributed by atoms with van der Waals surface area (Å²) in [6.45, 7) is 0.736. The molecule has 9 heteroatoms. The van der Waals surface area contributed by atoms with Gasteiger partial charge >= 0.3 is 0 Å². The number of anilines is 1. The first-order valence-corrected chi connectivity index (χ1v) is 13.6. The minimum Gasteiger partial charge on any atom is -0.395 e. The summed E-state index contributed by atoms with van der Waals surface area (Å²) in [5, 5.41) is 12.6. The van der Waals surface area contributed by atoms with E-state index in [0.29, 0.717) is 10.7 Å². The van der Waals surface area contributed by atoms with Crippen molar-refractivity contribution in [2.24, 2.45) is 0 Å². The molecule has 1 unspecified atom stereocenters. The van der Waals surface area contributed by atoms with Crippen molar-refractivity contribution >= 4 is 33.7 Å². The Hall–Kier alpha value is -3.53. The summed E-state index contributed by atoms with van der Waals surface area (Å²) in [6.07, 6.45) is 6.66. The number of nitrogens with zero attached hydrogens (tertiary/aromatic N) is 4. The number of pyridine rings is 1. The number of amides is 1. The predicted octanol–water partition coefficient (Wildman–Crippen LogP) is 3.84. The molecule has 2 aromatic heterocycles. The number of benzene rings is 2. The number of carbonyl (C=O) groups is 1. The molecule has 1 amide bonds. The molecule has 2 aliphatic rings. The Balaban J connectivity index is 1.18. The molecule has 2 atom stereocenters. The van der Waals surface area contributed by atoms with Gasteiger partial charge in [0.2, 0.25) is 5.91 Å². The molecule has 8 nitrogen and oxygen atoms in total. The molecule has 6 rings (SSSR count). The van der Waals surface area contributed by atoms with Gasteiger partial charge in [0.25, 0.3) is 0 Å². The third-order valence-corrected chi connectivity index (χ3v) is 8.88. The van der Waals surface area contributed by atoms with Crippen molar-refractivity contribution in [2.45, 2.75) is 42.0 Å². The Morgan fingerprint density at radius 3 is 2.59 bits per heavy atom. The zero-order chi connectivity index (χ0) is 25.4. The van der Waals surface area contributed by atoms with Crippen molar-refractivity contribution in [3.05, 3.63) is 78.6 Å². The molecule has 4 aromatic rings. The molecule has 37 heavy (non-hydrogen) atoms. The van der Waals surface area contributed by atoms with Crippen LogP contribution >= 0.6 is 0 Å². The molecule has 1 aliphatic heterocycles. The molecule has 1 aliphatic carbocycles.